The number of hydrogen-bond donors (Lipinski definition) is 2. The summed E-state index contributed by atoms with van der Waals surface area (Å²) in [4.78, 5) is 41.0. The molecular formula is C21H39N3O5. The van der Waals surface area contributed by atoms with E-state index in [0.717, 1.165) is 0 Å². The summed E-state index contributed by atoms with van der Waals surface area (Å²) < 4.78 is 5.63. The van der Waals surface area contributed by atoms with Gasteiger partial charge in [-0.2, -0.15) is 0 Å². The number of esters is 1. The van der Waals surface area contributed by atoms with Crippen molar-refractivity contribution < 1.29 is 24.2 Å². The molecule has 2 amide bonds. The predicted octanol–water partition coefficient (Wildman–Crippen LogP) is 2.55. The molecule has 1 fully saturated rings. The summed E-state index contributed by atoms with van der Waals surface area (Å²) in [5.74, 6) is -1.67. The van der Waals surface area contributed by atoms with Crippen molar-refractivity contribution in [2.75, 3.05) is 20.1 Å². The number of ether oxygens (including phenoxy) is 1. The van der Waals surface area contributed by atoms with Gasteiger partial charge in [0.2, 0.25) is 5.91 Å². The van der Waals surface area contributed by atoms with Gasteiger partial charge in [0.1, 0.15) is 11.5 Å². The first-order valence-corrected chi connectivity index (χ1v) is 9.99. The van der Waals surface area contributed by atoms with Crippen LogP contribution in [0.2, 0.25) is 0 Å². The zero-order chi connectivity index (χ0) is 23.2. The molecule has 2 unspecified atom stereocenters. The zero-order valence-electron chi connectivity index (χ0n) is 19.6. The summed E-state index contributed by atoms with van der Waals surface area (Å²) in [5, 5.41) is 9.65. The van der Waals surface area contributed by atoms with E-state index >= 15 is 0 Å². The SMILES string of the molecule is CN(C(=O)[C@@H](N)C(C)(C)C)C1(C(C)(C)C)CN(C(=O)O)CC1C(=O)OC(C)(C)C. The summed E-state index contributed by atoms with van der Waals surface area (Å²) in [6, 6.07) is -0.801. The van der Waals surface area contributed by atoms with Crippen molar-refractivity contribution in [2.45, 2.75) is 79.5 Å². The average Bonchev–Trinajstić information content (AvgIpc) is 2.92. The van der Waals surface area contributed by atoms with E-state index in [0.29, 0.717) is 0 Å². The first-order chi connectivity index (χ1) is 12.8. The molecule has 29 heavy (non-hydrogen) atoms. The van der Waals surface area contributed by atoms with Crippen LogP contribution in [0.1, 0.15) is 62.3 Å². The first-order valence-electron chi connectivity index (χ1n) is 9.99. The molecule has 168 valence electrons. The van der Waals surface area contributed by atoms with E-state index in [1.54, 1.807) is 27.8 Å². The third kappa shape index (κ3) is 5.02. The van der Waals surface area contributed by atoms with Gasteiger partial charge in [-0.05, 0) is 31.6 Å². The number of amides is 2. The molecule has 0 radical (unpaired) electrons. The minimum Gasteiger partial charge on any atom is -0.465 e. The number of likely N-dealkylation sites (tertiary alicyclic amines) is 1. The Morgan fingerprint density at radius 2 is 1.59 bits per heavy atom. The van der Waals surface area contributed by atoms with Crippen LogP contribution in [0.3, 0.4) is 0 Å². The molecule has 0 aromatic heterocycles. The fourth-order valence-electron chi connectivity index (χ4n) is 4.00. The molecule has 8 heteroatoms. The van der Waals surface area contributed by atoms with Crippen LogP contribution in [-0.2, 0) is 14.3 Å². The smallest absolute Gasteiger partial charge is 0.407 e. The maximum absolute atomic E-state index is 13.3. The molecular weight excluding hydrogens is 374 g/mol. The number of carbonyl (C=O) groups is 3. The second kappa shape index (κ2) is 7.78. The highest BCUT2D eigenvalue weighted by Crippen LogP contribution is 2.47. The number of nitrogens with zero attached hydrogens (tertiary/aromatic N) is 2. The van der Waals surface area contributed by atoms with Gasteiger partial charge in [0, 0.05) is 20.1 Å². The summed E-state index contributed by atoms with van der Waals surface area (Å²) in [6.45, 7) is 16.6. The van der Waals surface area contributed by atoms with Crippen molar-refractivity contribution in [2.24, 2.45) is 22.5 Å². The maximum Gasteiger partial charge on any atom is 0.407 e. The van der Waals surface area contributed by atoms with E-state index in [4.69, 9.17) is 10.5 Å². The van der Waals surface area contributed by atoms with Gasteiger partial charge in [0.25, 0.3) is 0 Å². The van der Waals surface area contributed by atoms with E-state index in [2.05, 4.69) is 0 Å². The minimum absolute atomic E-state index is 0.00878. The number of likely N-dealkylation sites (N-methyl/N-ethyl adjacent to an activating group) is 1. The number of hydrogen-bond acceptors (Lipinski definition) is 5. The Morgan fingerprint density at radius 1 is 1.10 bits per heavy atom. The lowest BCUT2D eigenvalue weighted by Crippen LogP contribution is -2.67. The largest absolute Gasteiger partial charge is 0.465 e. The van der Waals surface area contributed by atoms with Crippen LogP contribution in [0.4, 0.5) is 4.79 Å². The Hall–Kier alpha value is -1.83. The molecule has 0 saturated carbocycles. The Morgan fingerprint density at radius 3 is 1.93 bits per heavy atom. The predicted molar refractivity (Wildman–Crippen MR) is 111 cm³/mol. The monoisotopic (exact) mass is 413 g/mol. The second-order valence-corrected chi connectivity index (χ2v) is 11.2. The Bertz CT molecular complexity index is 657. The highest BCUT2D eigenvalue weighted by Gasteiger charge is 2.62. The number of carboxylic acid groups (broad SMARTS) is 1. The Labute approximate surface area is 174 Å². The molecule has 0 spiro atoms. The van der Waals surface area contributed by atoms with Gasteiger partial charge in [-0.15, -0.1) is 0 Å². The van der Waals surface area contributed by atoms with Gasteiger partial charge in [-0.1, -0.05) is 41.5 Å². The minimum atomic E-state index is -1.13. The number of rotatable bonds is 3. The highest BCUT2D eigenvalue weighted by molar-refractivity contribution is 5.85. The summed E-state index contributed by atoms with van der Waals surface area (Å²) >= 11 is 0. The van der Waals surface area contributed by atoms with E-state index in [1.807, 2.05) is 41.5 Å². The molecule has 1 saturated heterocycles. The number of nitrogens with two attached hydrogens (primary N) is 1. The lowest BCUT2D eigenvalue weighted by molar-refractivity contribution is -0.170. The lowest BCUT2D eigenvalue weighted by Gasteiger charge is -2.52. The molecule has 1 aliphatic heterocycles. The van der Waals surface area contributed by atoms with Gasteiger partial charge in [-0.25, -0.2) is 4.79 Å². The van der Waals surface area contributed by atoms with Crippen LogP contribution in [-0.4, -0.2) is 70.2 Å². The van der Waals surface area contributed by atoms with E-state index < -0.39 is 46.0 Å². The average molecular weight is 414 g/mol. The lowest BCUT2D eigenvalue weighted by atomic mass is 9.66. The molecule has 0 aromatic carbocycles. The summed E-state index contributed by atoms with van der Waals surface area (Å²) in [7, 11) is 1.61. The highest BCUT2D eigenvalue weighted by atomic mass is 16.6. The van der Waals surface area contributed by atoms with Gasteiger partial charge in [-0.3, -0.25) is 9.59 Å². The first kappa shape index (κ1) is 25.2. The van der Waals surface area contributed by atoms with Crippen molar-refractivity contribution in [3.8, 4) is 0 Å². The molecule has 1 heterocycles. The molecule has 0 aliphatic carbocycles. The van der Waals surface area contributed by atoms with Gasteiger partial charge < -0.3 is 25.4 Å². The Kier molecular flexibility index (Phi) is 6.76. The number of carbonyl (C=O) groups excluding carboxylic acids is 2. The summed E-state index contributed by atoms with van der Waals surface area (Å²) in [5.41, 5.74) is 3.29. The normalized spacial score (nSPS) is 24.2. The molecule has 0 aromatic rings. The van der Waals surface area contributed by atoms with Gasteiger partial charge >= 0.3 is 12.1 Å². The van der Waals surface area contributed by atoms with Crippen LogP contribution in [0.15, 0.2) is 0 Å². The van der Waals surface area contributed by atoms with Crippen molar-refractivity contribution in [3.63, 3.8) is 0 Å². The van der Waals surface area contributed by atoms with Crippen LogP contribution in [0.25, 0.3) is 0 Å². The van der Waals surface area contributed by atoms with Crippen LogP contribution >= 0.6 is 0 Å². The van der Waals surface area contributed by atoms with Crippen molar-refractivity contribution in [1.82, 2.24) is 9.80 Å². The Balaban J connectivity index is 3.57. The van der Waals surface area contributed by atoms with Gasteiger partial charge in [0.05, 0.1) is 11.6 Å². The summed E-state index contributed by atoms with van der Waals surface area (Å²) in [6.07, 6.45) is -1.13. The van der Waals surface area contributed by atoms with Crippen LogP contribution in [0, 0.1) is 16.7 Å². The fraction of sp³-hybridized carbons (Fsp3) is 0.857. The van der Waals surface area contributed by atoms with Crippen molar-refractivity contribution >= 4 is 18.0 Å². The van der Waals surface area contributed by atoms with Gasteiger partial charge in [0.15, 0.2) is 0 Å². The third-order valence-corrected chi connectivity index (χ3v) is 5.80. The molecule has 1 aliphatic rings. The zero-order valence-corrected chi connectivity index (χ0v) is 19.6. The van der Waals surface area contributed by atoms with Crippen molar-refractivity contribution in [1.29, 1.82) is 0 Å². The molecule has 8 nitrogen and oxygen atoms in total. The molecule has 1 rings (SSSR count). The topological polar surface area (TPSA) is 113 Å². The quantitative estimate of drug-likeness (QED) is 0.688. The molecule has 0 bridgehead atoms. The standard InChI is InChI=1S/C21H39N3O5/c1-18(2,3)14(22)15(25)23(10)21(19(4,5)6)12-24(17(27)28)11-13(21)16(26)29-20(7,8)9/h13-14H,11-12,22H2,1-10H3,(H,27,28)/t13?,14-,21?/m1/s1. The third-order valence-electron chi connectivity index (χ3n) is 5.80. The van der Waals surface area contributed by atoms with E-state index in [-0.39, 0.29) is 19.0 Å². The molecule has 3 N–H and O–H groups in total. The molecule has 3 atom stereocenters. The maximum atomic E-state index is 13.3. The van der Waals surface area contributed by atoms with Crippen LogP contribution in [0.5, 0.6) is 0 Å². The van der Waals surface area contributed by atoms with E-state index in [1.165, 1.54) is 9.80 Å². The second-order valence-electron chi connectivity index (χ2n) is 11.2. The fourth-order valence-corrected chi connectivity index (χ4v) is 4.00. The van der Waals surface area contributed by atoms with Crippen molar-refractivity contribution in [3.05, 3.63) is 0 Å². The van der Waals surface area contributed by atoms with Crippen LogP contribution < -0.4 is 5.73 Å². The van der Waals surface area contributed by atoms with E-state index in [9.17, 15) is 19.5 Å².